The molecule has 1 fully saturated rings. The zero-order valence-electron chi connectivity index (χ0n) is 19.7. The fourth-order valence-electron chi connectivity index (χ4n) is 4.19. The molecule has 34 heavy (non-hydrogen) atoms. The van der Waals surface area contributed by atoms with Crippen LogP contribution in [0.15, 0.2) is 78.9 Å². The summed E-state index contributed by atoms with van der Waals surface area (Å²) in [7, 11) is 0. The minimum absolute atomic E-state index is 0.244. The summed E-state index contributed by atoms with van der Waals surface area (Å²) >= 11 is 0. The minimum Gasteiger partial charge on any atom is -0.462 e. The van der Waals surface area contributed by atoms with Crippen LogP contribution < -0.4 is 4.90 Å². The Hall–Kier alpha value is -3.93. The standard InChI is InChI=1S/C28H28N2O4/c1-4-34-25(31)22-15-10-16-24(18-22)30-26(32)28(2,3)29(27(30)33)19-23-14-9-8-13-21(23)17-20-11-6-5-7-12-20/h5-16,18H,4,17,19H2,1-3H3. The van der Waals surface area contributed by atoms with E-state index in [0.29, 0.717) is 17.8 Å². The van der Waals surface area contributed by atoms with Crippen molar-refractivity contribution in [3.63, 3.8) is 0 Å². The normalized spacial score (nSPS) is 15.0. The molecule has 0 saturated carbocycles. The summed E-state index contributed by atoms with van der Waals surface area (Å²) in [5, 5.41) is 0. The summed E-state index contributed by atoms with van der Waals surface area (Å²) in [6.07, 6.45) is 0.735. The van der Waals surface area contributed by atoms with Crippen LogP contribution in [-0.2, 0) is 22.5 Å². The Bertz CT molecular complexity index is 1220. The SMILES string of the molecule is CCOC(=O)c1cccc(N2C(=O)N(Cc3ccccc3Cc3ccccc3)C(C)(C)C2=O)c1. The molecule has 1 aliphatic rings. The third-order valence-corrected chi connectivity index (χ3v) is 6.12. The first-order valence-corrected chi connectivity index (χ1v) is 11.4. The van der Waals surface area contributed by atoms with E-state index < -0.39 is 17.5 Å². The highest BCUT2D eigenvalue weighted by molar-refractivity contribution is 6.23. The third kappa shape index (κ3) is 4.44. The molecule has 3 aromatic rings. The summed E-state index contributed by atoms with van der Waals surface area (Å²) < 4.78 is 5.06. The van der Waals surface area contributed by atoms with Crippen LogP contribution in [0.2, 0.25) is 0 Å². The fourth-order valence-corrected chi connectivity index (χ4v) is 4.19. The zero-order chi connectivity index (χ0) is 24.3. The Labute approximate surface area is 199 Å². The summed E-state index contributed by atoms with van der Waals surface area (Å²) in [6, 6.07) is 24.1. The van der Waals surface area contributed by atoms with Gasteiger partial charge in [0.15, 0.2) is 0 Å². The fraction of sp³-hybridized carbons (Fsp3) is 0.250. The Morgan fingerprint density at radius 2 is 1.56 bits per heavy atom. The molecular formula is C28H28N2O4. The number of anilines is 1. The number of carbonyl (C=O) groups excluding carboxylic acids is 3. The van der Waals surface area contributed by atoms with Crippen molar-refractivity contribution in [2.45, 2.75) is 39.3 Å². The van der Waals surface area contributed by atoms with Crippen molar-refractivity contribution in [1.82, 2.24) is 4.90 Å². The van der Waals surface area contributed by atoms with Gasteiger partial charge in [0.1, 0.15) is 5.54 Å². The number of benzene rings is 3. The summed E-state index contributed by atoms with van der Waals surface area (Å²) in [5.74, 6) is -0.826. The Kier molecular flexibility index (Phi) is 6.50. The molecule has 0 bridgehead atoms. The van der Waals surface area contributed by atoms with Crippen molar-refractivity contribution in [1.29, 1.82) is 0 Å². The maximum Gasteiger partial charge on any atom is 0.338 e. The van der Waals surface area contributed by atoms with Crippen LogP contribution in [0.1, 0.15) is 47.8 Å². The first-order valence-electron chi connectivity index (χ1n) is 11.4. The van der Waals surface area contributed by atoms with E-state index >= 15 is 0 Å². The molecule has 3 aromatic carbocycles. The van der Waals surface area contributed by atoms with Crippen LogP contribution >= 0.6 is 0 Å². The van der Waals surface area contributed by atoms with Crippen LogP contribution in [0.5, 0.6) is 0 Å². The van der Waals surface area contributed by atoms with Crippen molar-refractivity contribution in [2.75, 3.05) is 11.5 Å². The number of esters is 1. The number of carbonyl (C=O) groups is 3. The summed E-state index contributed by atoms with van der Waals surface area (Å²) in [6.45, 7) is 5.78. The van der Waals surface area contributed by atoms with Crippen molar-refractivity contribution in [3.8, 4) is 0 Å². The molecular weight excluding hydrogens is 428 g/mol. The van der Waals surface area contributed by atoms with Gasteiger partial charge in [-0.05, 0) is 62.1 Å². The van der Waals surface area contributed by atoms with E-state index in [9.17, 15) is 14.4 Å². The molecule has 1 saturated heterocycles. The molecule has 0 aliphatic carbocycles. The van der Waals surface area contributed by atoms with Crippen molar-refractivity contribution >= 4 is 23.6 Å². The molecule has 0 unspecified atom stereocenters. The molecule has 1 heterocycles. The molecule has 0 spiro atoms. The molecule has 6 nitrogen and oxygen atoms in total. The first-order chi connectivity index (χ1) is 16.3. The van der Waals surface area contributed by atoms with Gasteiger partial charge in [-0.2, -0.15) is 0 Å². The minimum atomic E-state index is -1.04. The molecule has 0 N–H and O–H groups in total. The lowest BCUT2D eigenvalue weighted by molar-refractivity contribution is -0.123. The lowest BCUT2D eigenvalue weighted by atomic mass is 9.97. The van der Waals surface area contributed by atoms with E-state index in [0.717, 1.165) is 22.4 Å². The maximum absolute atomic E-state index is 13.5. The zero-order valence-corrected chi connectivity index (χ0v) is 19.7. The smallest absolute Gasteiger partial charge is 0.338 e. The van der Waals surface area contributed by atoms with Crippen molar-refractivity contribution in [2.24, 2.45) is 0 Å². The van der Waals surface area contributed by atoms with E-state index in [4.69, 9.17) is 4.74 Å². The number of nitrogens with zero attached hydrogens (tertiary/aromatic N) is 2. The topological polar surface area (TPSA) is 66.9 Å². The molecule has 1 aliphatic heterocycles. The van der Waals surface area contributed by atoms with Crippen molar-refractivity contribution in [3.05, 3.63) is 101 Å². The van der Waals surface area contributed by atoms with Crippen LogP contribution in [0.3, 0.4) is 0 Å². The van der Waals surface area contributed by atoms with Gasteiger partial charge in [0.05, 0.1) is 17.9 Å². The van der Waals surface area contributed by atoms with E-state index in [-0.39, 0.29) is 12.5 Å². The molecule has 3 amide bonds. The highest BCUT2D eigenvalue weighted by Crippen LogP contribution is 2.34. The molecule has 6 heteroatoms. The van der Waals surface area contributed by atoms with Crippen LogP contribution in [0.4, 0.5) is 10.5 Å². The van der Waals surface area contributed by atoms with E-state index in [1.807, 2.05) is 36.4 Å². The third-order valence-electron chi connectivity index (χ3n) is 6.12. The lowest BCUT2D eigenvalue weighted by Gasteiger charge is -2.28. The Morgan fingerprint density at radius 3 is 2.26 bits per heavy atom. The Balaban J connectivity index is 1.63. The van der Waals surface area contributed by atoms with Crippen molar-refractivity contribution < 1.29 is 19.1 Å². The van der Waals surface area contributed by atoms with Gasteiger partial charge in [-0.3, -0.25) is 4.79 Å². The van der Waals surface area contributed by atoms with Gasteiger partial charge in [0.2, 0.25) is 0 Å². The quantitative estimate of drug-likeness (QED) is 0.362. The number of imide groups is 1. The van der Waals surface area contributed by atoms with E-state index in [2.05, 4.69) is 18.2 Å². The van der Waals surface area contributed by atoms with Gasteiger partial charge in [0.25, 0.3) is 5.91 Å². The van der Waals surface area contributed by atoms with Crippen LogP contribution in [0.25, 0.3) is 0 Å². The monoisotopic (exact) mass is 456 g/mol. The number of amides is 3. The average Bonchev–Trinajstić information content (AvgIpc) is 3.00. The number of ether oxygens (including phenoxy) is 1. The van der Waals surface area contributed by atoms with Gasteiger partial charge < -0.3 is 9.64 Å². The second-order valence-electron chi connectivity index (χ2n) is 8.77. The average molecular weight is 457 g/mol. The Morgan fingerprint density at radius 1 is 0.882 bits per heavy atom. The molecule has 0 aromatic heterocycles. The summed E-state index contributed by atoms with van der Waals surface area (Å²) in [4.78, 5) is 41.8. The number of rotatable bonds is 7. The van der Waals surface area contributed by atoms with Crippen LogP contribution in [-0.4, -0.2) is 35.0 Å². The number of urea groups is 1. The second kappa shape index (κ2) is 9.51. The molecule has 174 valence electrons. The first kappa shape index (κ1) is 23.2. The lowest BCUT2D eigenvalue weighted by Crippen LogP contribution is -2.43. The maximum atomic E-state index is 13.5. The molecule has 4 rings (SSSR count). The highest BCUT2D eigenvalue weighted by Gasteiger charge is 2.51. The van der Waals surface area contributed by atoms with Gasteiger partial charge in [-0.1, -0.05) is 60.7 Å². The molecule has 0 radical (unpaired) electrons. The predicted molar refractivity (Wildman–Crippen MR) is 131 cm³/mol. The second-order valence-corrected chi connectivity index (χ2v) is 8.77. The number of hydrogen-bond acceptors (Lipinski definition) is 4. The van der Waals surface area contributed by atoms with Gasteiger partial charge in [0, 0.05) is 6.54 Å². The largest absolute Gasteiger partial charge is 0.462 e. The van der Waals surface area contributed by atoms with E-state index in [1.165, 1.54) is 11.6 Å². The van der Waals surface area contributed by atoms with Gasteiger partial charge >= 0.3 is 12.0 Å². The van der Waals surface area contributed by atoms with Gasteiger partial charge in [-0.15, -0.1) is 0 Å². The predicted octanol–water partition coefficient (Wildman–Crippen LogP) is 5.20. The highest BCUT2D eigenvalue weighted by atomic mass is 16.5. The summed E-state index contributed by atoms with van der Waals surface area (Å²) in [5.41, 5.74) is 2.88. The van der Waals surface area contributed by atoms with E-state index in [1.54, 1.807) is 43.9 Å². The van der Waals surface area contributed by atoms with Crippen LogP contribution in [0, 0.1) is 0 Å². The van der Waals surface area contributed by atoms with Gasteiger partial charge in [-0.25, -0.2) is 14.5 Å². The molecule has 0 atom stereocenters. The number of hydrogen-bond donors (Lipinski definition) is 0.